The fourth-order valence-electron chi connectivity index (χ4n) is 4.06. The third-order valence-electron chi connectivity index (χ3n) is 5.59. The Bertz CT molecular complexity index is 1580. The fraction of sp³-hybridized carbons (Fsp3) is 0.192. The molecule has 0 aliphatic carbocycles. The van der Waals surface area contributed by atoms with E-state index in [0.717, 1.165) is 22.5 Å². The molecule has 0 spiro atoms. The van der Waals surface area contributed by atoms with Gasteiger partial charge in [-0.15, -0.1) is 0 Å². The van der Waals surface area contributed by atoms with Crippen LogP contribution >= 0.6 is 0 Å². The number of ether oxygens (including phenoxy) is 1. The number of allylic oxidation sites excluding steroid dienone is 1. The molecule has 0 atom stereocenters. The second-order valence-electron chi connectivity index (χ2n) is 8.19. The molecule has 3 heterocycles. The molecule has 2 N–H and O–H groups in total. The largest absolute Gasteiger partial charge is 0.489 e. The number of benzene rings is 2. The number of aryl methyl sites for hydroxylation is 2. The molecule has 0 aliphatic heterocycles. The first-order chi connectivity index (χ1) is 16.4. The third kappa shape index (κ3) is 3.73. The van der Waals surface area contributed by atoms with E-state index in [1.807, 2.05) is 56.3 Å². The second kappa shape index (κ2) is 8.55. The van der Waals surface area contributed by atoms with Gasteiger partial charge in [-0.1, -0.05) is 43.0 Å². The lowest BCUT2D eigenvalue weighted by atomic mass is 10.1. The third-order valence-corrected chi connectivity index (χ3v) is 5.59. The number of nitrogens with one attached hydrogen (secondary N) is 2. The molecule has 3 aromatic heterocycles. The molecule has 0 bridgehead atoms. The van der Waals surface area contributed by atoms with Gasteiger partial charge in [0.25, 0.3) is 5.56 Å². The molecular formula is C26H25N5O3. The lowest BCUT2D eigenvalue weighted by molar-refractivity contribution is 0.322. The molecule has 34 heavy (non-hydrogen) atoms. The molecule has 0 radical (unpaired) electrons. The van der Waals surface area contributed by atoms with E-state index in [1.165, 1.54) is 4.52 Å². The molecule has 8 heteroatoms. The molecule has 8 nitrogen and oxygen atoms in total. The number of aromatic amines is 1. The average molecular weight is 456 g/mol. The summed E-state index contributed by atoms with van der Waals surface area (Å²) in [6.45, 7) is 10.5. The van der Waals surface area contributed by atoms with Crippen LogP contribution in [0, 0.1) is 13.8 Å². The standard InChI is InChI=1S/C26H25N5O3/c1-15(2)27-13-14-33-19-11-8-12-20-23(19)29-25(34-20)22-16(3)28-24-21(18-9-6-5-7-10-18)17(4)30-31(24)26(22)32/h5-12,27,30H,1,13-14H2,2-4H3. The molecule has 5 aromatic rings. The van der Waals surface area contributed by atoms with Crippen molar-refractivity contribution in [3.8, 4) is 28.3 Å². The van der Waals surface area contributed by atoms with E-state index in [2.05, 4.69) is 22.0 Å². The summed E-state index contributed by atoms with van der Waals surface area (Å²) < 4.78 is 13.3. The van der Waals surface area contributed by atoms with Gasteiger partial charge in [0.05, 0.1) is 5.69 Å². The van der Waals surface area contributed by atoms with Gasteiger partial charge in [-0.3, -0.25) is 9.89 Å². The minimum Gasteiger partial charge on any atom is -0.489 e. The average Bonchev–Trinajstić information content (AvgIpc) is 3.38. The zero-order chi connectivity index (χ0) is 23.8. The second-order valence-corrected chi connectivity index (χ2v) is 8.19. The Morgan fingerprint density at radius 3 is 2.68 bits per heavy atom. The maximum Gasteiger partial charge on any atom is 0.285 e. The number of hydrogen-bond acceptors (Lipinski definition) is 6. The van der Waals surface area contributed by atoms with E-state index in [0.29, 0.717) is 46.9 Å². The predicted octanol–water partition coefficient (Wildman–Crippen LogP) is 4.62. The summed E-state index contributed by atoms with van der Waals surface area (Å²) >= 11 is 0. The highest BCUT2D eigenvalue weighted by molar-refractivity contribution is 5.83. The number of oxazole rings is 1. The molecule has 0 saturated heterocycles. The van der Waals surface area contributed by atoms with Gasteiger partial charge in [0.1, 0.15) is 17.9 Å². The van der Waals surface area contributed by atoms with Crippen molar-refractivity contribution in [1.29, 1.82) is 0 Å². The molecule has 172 valence electrons. The van der Waals surface area contributed by atoms with Crippen LogP contribution in [0.4, 0.5) is 0 Å². The van der Waals surface area contributed by atoms with Crippen molar-refractivity contribution in [2.45, 2.75) is 20.8 Å². The van der Waals surface area contributed by atoms with Crippen molar-refractivity contribution >= 4 is 16.7 Å². The maximum atomic E-state index is 13.5. The highest BCUT2D eigenvalue weighted by Gasteiger charge is 2.22. The number of aromatic nitrogens is 4. The van der Waals surface area contributed by atoms with Crippen LogP contribution in [0.25, 0.3) is 39.3 Å². The summed E-state index contributed by atoms with van der Waals surface area (Å²) in [4.78, 5) is 22.9. The normalized spacial score (nSPS) is 11.3. The molecule has 0 amide bonds. The van der Waals surface area contributed by atoms with Crippen molar-refractivity contribution in [3.05, 3.63) is 82.5 Å². The Morgan fingerprint density at radius 2 is 1.91 bits per heavy atom. The summed E-state index contributed by atoms with van der Waals surface area (Å²) in [6.07, 6.45) is 0. The summed E-state index contributed by atoms with van der Waals surface area (Å²) in [5.74, 6) is 0.800. The van der Waals surface area contributed by atoms with Gasteiger partial charge in [0, 0.05) is 23.5 Å². The van der Waals surface area contributed by atoms with Gasteiger partial charge in [0.15, 0.2) is 16.7 Å². The van der Waals surface area contributed by atoms with Crippen LogP contribution in [-0.2, 0) is 0 Å². The van der Waals surface area contributed by atoms with Crippen molar-refractivity contribution in [2.75, 3.05) is 13.2 Å². The first-order valence-corrected chi connectivity index (χ1v) is 11.0. The minimum absolute atomic E-state index is 0.212. The Balaban J connectivity index is 1.58. The summed E-state index contributed by atoms with van der Waals surface area (Å²) in [5.41, 5.74) is 5.86. The Labute approximate surface area is 195 Å². The van der Waals surface area contributed by atoms with E-state index in [-0.39, 0.29) is 11.4 Å². The monoisotopic (exact) mass is 455 g/mol. The lowest BCUT2D eigenvalue weighted by Crippen LogP contribution is -2.19. The van der Waals surface area contributed by atoms with Crippen molar-refractivity contribution in [3.63, 3.8) is 0 Å². The van der Waals surface area contributed by atoms with Crippen LogP contribution in [0.15, 0.2) is 70.0 Å². The molecule has 2 aromatic carbocycles. The molecule has 0 fully saturated rings. The van der Waals surface area contributed by atoms with Crippen LogP contribution in [0.2, 0.25) is 0 Å². The number of nitrogens with zero attached hydrogens (tertiary/aromatic N) is 3. The van der Waals surface area contributed by atoms with Crippen LogP contribution in [0.1, 0.15) is 18.3 Å². The van der Waals surface area contributed by atoms with Crippen LogP contribution < -0.4 is 15.6 Å². The summed E-state index contributed by atoms with van der Waals surface area (Å²) in [7, 11) is 0. The topological polar surface area (TPSA) is 97.5 Å². The highest BCUT2D eigenvalue weighted by atomic mass is 16.5. The number of fused-ring (bicyclic) bond motifs is 2. The zero-order valence-corrected chi connectivity index (χ0v) is 19.3. The van der Waals surface area contributed by atoms with Gasteiger partial charge in [-0.05, 0) is 38.5 Å². The fourth-order valence-corrected chi connectivity index (χ4v) is 4.06. The Morgan fingerprint density at radius 1 is 1.12 bits per heavy atom. The van der Waals surface area contributed by atoms with E-state index >= 15 is 0 Å². The highest BCUT2D eigenvalue weighted by Crippen LogP contribution is 2.31. The van der Waals surface area contributed by atoms with Crippen molar-refractivity contribution in [2.24, 2.45) is 0 Å². The summed E-state index contributed by atoms with van der Waals surface area (Å²) in [6, 6.07) is 15.3. The van der Waals surface area contributed by atoms with Gasteiger partial charge in [-0.25, -0.2) is 14.5 Å². The Hall–Kier alpha value is -4.33. The molecule has 5 rings (SSSR count). The van der Waals surface area contributed by atoms with E-state index in [4.69, 9.17) is 14.1 Å². The molecule has 0 saturated carbocycles. The number of hydrogen-bond donors (Lipinski definition) is 2. The van der Waals surface area contributed by atoms with Gasteiger partial charge >= 0.3 is 0 Å². The van der Waals surface area contributed by atoms with Crippen LogP contribution in [0.5, 0.6) is 5.75 Å². The predicted molar refractivity (Wildman–Crippen MR) is 132 cm³/mol. The SMILES string of the molecule is C=C(C)NCCOc1cccc2oc(-c3c(C)nc4c(-c5ccccc5)c(C)[nH]n4c3=O)nc12. The van der Waals surface area contributed by atoms with Gasteiger partial charge < -0.3 is 14.5 Å². The molecule has 0 unspecified atom stereocenters. The van der Waals surface area contributed by atoms with E-state index in [9.17, 15) is 4.79 Å². The molecular weight excluding hydrogens is 430 g/mol. The quantitative estimate of drug-likeness (QED) is 0.348. The number of rotatable bonds is 7. The van der Waals surface area contributed by atoms with Crippen LogP contribution in [-0.4, -0.2) is 32.7 Å². The van der Waals surface area contributed by atoms with Crippen LogP contribution in [0.3, 0.4) is 0 Å². The summed E-state index contributed by atoms with van der Waals surface area (Å²) in [5, 5.41) is 6.28. The Kier molecular flexibility index (Phi) is 5.41. The number of para-hydroxylation sites is 1. The minimum atomic E-state index is -0.271. The van der Waals surface area contributed by atoms with Gasteiger partial charge in [0.2, 0.25) is 5.89 Å². The maximum absolute atomic E-state index is 13.5. The van der Waals surface area contributed by atoms with E-state index < -0.39 is 0 Å². The first kappa shape index (κ1) is 21.5. The molecule has 0 aliphatic rings. The van der Waals surface area contributed by atoms with E-state index in [1.54, 1.807) is 13.0 Å². The number of H-pyrrole nitrogens is 1. The van der Waals surface area contributed by atoms with Gasteiger partial charge in [-0.2, -0.15) is 0 Å². The van der Waals surface area contributed by atoms with Crippen molar-refractivity contribution < 1.29 is 9.15 Å². The smallest absolute Gasteiger partial charge is 0.285 e. The van der Waals surface area contributed by atoms with Crippen molar-refractivity contribution in [1.82, 2.24) is 24.9 Å². The first-order valence-electron chi connectivity index (χ1n) is 11.0. The zero-order valence-electron chi connectivity index (χ0n) is 19.3. The lowest BCUT2D eigenvalue weighted by Gasteiger charge is -2.07.